The second kappa shape index (κ2) is 7.27. The zero-order valence-corrected chi connectivity index (χ0v) is 13.4. The van der Waals surface area contributed by atoms with Gasteiger partial charge in [-0.05, 0) is 12.5 Å². The Balaban J connectivity index is 1.53. The van der Waals surface area contributed by atoms with E-state index in [1.165, 1.54) is 0 Å². The molecule has 1 N–H and O–H groups in total. The highest BCUT2D eigenvalue weighted by Gasteiger charge is 2.27. The van der Waals surface area contributed by atoms with Gasteiger partial charge in [0.05, 0.1) is 6.10 Å². The lowest BCUT2D eigenvalue weighted by molar-refractivity contribution is -0.149. The SMILES string of the molecule is Cc1cc(C(=O)NCC2CN(Cc3ccccc3)C(=O)CO2)no1. The van der Waals surface area contributed by atoms with E-state index in [2.05, 4.69) is 10.5 Å². The fourth-order valence-electron chi connectivity index (χ4n) is 2.53. The average molecular weight is 329 g/mol. The Hall–Kier alpha value is -2.67. The molecule has 1 aliphatic heterocycles. The molecule has 1 aromatic heterocycles. The summed E-state index contributed by atoms with van der Waals surface area (Å²) in [4.78, 5) is 25.7. The molecule has 7 heteroatoms. The van der Waals surface area contributed by atoms with Crippen LogP contribution in [-0.2, 0) is 16.1 Å². The lowest BCUT2D eigenvalue weighted by Crippen LogP contribution is -2.50. The molecule has 1 aromatic carbocycles. The van der Waals surface area contributed by atoms with Crippen molar-refractivity contribution in [1.29, 1.82) is 0 Å². The molecule has 126 valence electrons. The Kier molecular flexibility index (Phi) is 4.90. The highest BCUT2D eigenvalue weighted by molar-refractivity contribution is 5.92. The minimum Gasteiger partial charge on any atom is -0.365 e. The third-order valence-electron chi connectivity index (χ3n) is 3.79. The van der Waals surface area contributed by atoms with Gasteiger partial charge >= 0.3 is 0 Å². The van der Waals surface area contributed by atoms with Gasteiger partial charge in [-0.1, -0.05) is 35.5 Å². The maximum atomic E-state index is 12.0. The molecule has 0 bridgehead atoms. The maximum Gasteiger partial charge on any atom is 0.273 e. The summed E-state index contributed by atoms with van der Waals surface area (Å²) in [5, 5.41) is 6.43. The first-order valence-electron chi connectivity index (χ1n) is 7.76. The van der Waals surface area contributed by atoms with Crippen molar-refractivity contribution in [2.45, 2.75) is 19.6 Å². The molecule has 1 atom stereocenters. The van der Waals surface area contributed by atoms with E-state index in [-0.39, 0.29) is 30.2 Å². The summed E-state index contributed by atoms with van der Waals surface area (Å²) < 4.78 is 10.4. The van der Waals surface area contributed by atoms with Gasteiger partial charge in [-0.3, -0.25) is 9.59 Å². The summed E-state index contributed by atoms with van der Waals surface area (Å²) >= 11 is 0. The summed E-state index contributed by atoms with van der Waals surface area (Å²) in [5.74, 6) is 0.212. The number of hydrogen-bond acceptors (Lipinski definition) is 5. The third-order valence-corrected chi connectivity index (χ3v) is 3.79. The van der Waals surface area contributed by atoms with Gasteiger partial charge in [-0.2, -0.15) is 0 Å². The molecule has 0 radical (unpaired) electrons. The minimum absolute atomic E-state index is 0.0242. The Bertz CT molecular complexity index is 714. The number of aromatic nitrogens is 1. The first-order chi connectivity index (χ1) is 11.6. The number of rotatable bonds is 5. The molecule has 1 unspecified atom stereocenters. The van der Waals surface area contributed by atoms with Crippen LogP contribution in [0, 0.1) is 6.92 Å². The lowest BCUT2D eigenvalue weighted by Gasteiger charge is -2.32. The van der Waals surface area contributed by atoms with Crippen LogP contribution in [0.1, 0.15) is 21.8 Å². The van der Waals surface area contributed by atoms with Gasteiger partial charge in [0.2, 0.25) is 5.91 Å². The molecule has 1 fully saturated rings. The van der Waals surface area contributed by atoms with E-state index in [0.29, 0.717) is 25.4 Å². The molecular formula is C17H19N3O4. The number of hydrogen-bond donors (Lipinski definition) is 1. The largest absolute Gasteiger partial charge is 0.365 e. The van der Waals surface area contributed by atoms with Crippen molar-refractivity contribution in [3.8, 4) is 0 Å². The number of nitrogens with zero attached hydrogens (tertiary/aromatic N) is 2. The van der Waals surface area contributed by atoms with E-state index >= 15 is 0 Å². The van der Waals surface area contributed by atoms with Gasteiger partial charge in [0.15, 0.2) is 5.69 Å². The number of nitrogens with one attached hydrogen (secondary N) is 1. The number of carbonyl (C=O) groups excluding carboxylic acids is 2. The first kappa shape index (κ1) is 16.2. The van der Waals surface area contributed by atoms with Gasteiger partial charge in [-0.25, -0.2) is 0 Å². The van der Waals surface area contributed by atoms with Crippen LogP contribution in [-0.4, -0.2) is 47.7 Å². The predicted molar refractivity (Wildman–Crippen MR) is 85.2 cm³/mol. The van der Waals surface area contributed by atoms with Gasteiger partial charge < -0.3 is 19.5 Å². The Labute approximate surface area is 139 Å². The summed E-state index contributed by atoms with van der Waals surface area (Å²) in [6.45, 7) is 3.03. The van der Waals surface area contributed by atoms with Crippen molar-refractivity contribution in [1.82, 2.24) is 15.4 Å². The fraction of sp³-hybridized carbons (Fsp3) is 0.353. The van der Waals surface area contributed by atoms with Crippen LogP contribution in [0.25, 0.3) is 0 Å². The number of morpholine rings is 1. The van der Waals surface area contributed by atoms with E-state index in [1.54, 1.807) is 17.9 Å². The third kappa shape index (κ3) is 3.99. The number of aryl methyl sites for hydroxylation is 1. The molecule has 0 saturated carbocycles. The molecule has 2 heterocycles. The topological polar surface area (TPSA) is 84.7 Å². The normalized spacial score (nSPS) is 17.8. The number of benzene rings is 1. The Morgan fingerprint density at radius 3 is 2.88 bits per heavy atom. The van der Waals surface area contributed by atoms with E-state index in [4.69, 9.17) is 9.26 Å². The molecule has 2 amide bonds. The van der Waals surface area contributed by atoms with Crippen LogP contribution in [0.3, 0.4) is 0 Å². The number of amides is 2. The zero-order valence-electron chi connectivity index (χ0n) is 13.4. The summed E-state index contributed by atoms with van der Waals surface area (Å²) in [5.41, 5.74) is 1.30. The second-order valence-corrected chi connectivity index (χ2v) is 5.73. The molecule has 1 aliphatic rings. The molecule has 24 heavy (non-hydrogen) atoms. The van der Waals surface area contributed by atoms with E-state index in [1.807, 2.05) is 30.3 Å². The molecule has 2 aromatic rings. The summed E-state index contributed by atoms with van der Waals surface area (Å²) in [7, 11) is 0. The van der Waals surface area contributed by atoms with Crippen LogP contribution >= 0.6 is 0 Å². The van der Waals surface area contributed by atoms with Crippen molar-refractivity contribution >= 4 is 11.8 Å². The Morgan fingerprint density at radius 1 is 1.38 bits per heavy atom. The zero-order chi connectivity index (χ0) is 16.9. The lowest BCUT2D eigenvalue weighted by atomic mass is 10.2. The van der Waals surface area contributed by atoms with Gasteiger partial charge in [-0.15, -0.1) is 0 Å². The minimum atomic E-state index is -0.318. The number of ether oxygens (including phenoxy) is 1. The molecule has 0 spiro atoms. The first-order valence-corrected chi connectivity index (χ1v) is 7.76. The second-order valence-electron chi connectivity index (χ2n) is 5.73. The fourth-order valence-corrected chi connectivity index (χ4v) is 2.53. The summed E-state index contributed by atoms with van der Waals surface area (Å²) in [6, 6.07) is 11.4. The Morgan fingerprint density at radius 2 is 2.17 bits per heavy atom. The molecule has 7 nitrogen and oxygen atoms in total. The quantitative estimate of drug-likeness (QED) is 0.889. The molecular weight excluding hydrogens is 310 g/mol. The monoisotopic (exact) mass is 329 g/mol. The maximum absolute atomic E-state index is 12.0. The summed E-state index contributed by atoms with van der Waals surface area (Å²) in [6.07, 6.45) is -0.247. The van der Waals surface area contributed by atoms with Crippen molar-refractivity contribution in [3.63, 3.8) is 0 Å². The van der Waals surface area contributed by atoms with Crippen LogP contribution < -0.4 is 5.32 Å². The van der Waals surface area contributed by atoms with Gasteiger partial charge in [0.25, 0.3) is 5.91 Å². The van der Waals surface area contributed by atoms with Crippen molar-refractivity contribution in [2.24, 2.45) is 0 Å². The predicted octanol–water partition coefficient (Wildman–Crippen LogP) is 1.14. The van der Waals surface area contributed by atoms with Crippen LogP contribution in [0.5, 0.6) is 0 Å². The van der Waals surface area contributed by atoms with Gasteiger partial charge in [0.1, 0.15) is 12.4 Å². The van der Waals surface area contributed by atoms with Gasteiger partial charge in [0, 0.05) is 25.7 Å². The molecule has 3 rings (SSSR count). The van der Waals surface area contributed by atoms with Crippen molar-refractivity contribution in [2.75, 3.05) is 19.7 Å². The van der Waals surface area contributed by atoms with Crippen LogP contribution in [0.4, 0.5) is 0 Å². The van der Waals surface area contributed by atoms with Crippen molar-refractivity contribution in [3.05, 3.63) is 53.4 Å². The molecule has 0 aliphatic carbocycles. The van der Waals surface area contributed by atoms with E-state index < -0.39 is 0 Å². The average Bonchev–Trinajstić information content (AvgIpc) is 3.03. The van der Waals surface area contributed by atoms with Crippen molar-refractivity contribution < 1.29 is 18.8 Å². The van der Waals surface area contributed by atoms with E-state index in [0.717, 1.165) is 5.56 Å². The smallest absolute Gasteiger partial charge is 0.273 e. The highest BCUT2D eigenvalue weighted by Crippen LogP contribution is 2.11. The van der Waals surface area contributed by atoms with Crippen LogP contribution in [0.2, 0.25) is 0 Å². The van der Waals surface area contributed by atoms with Crippen LogP contribution in [0.15, 0.2) is 40.9 Å². The standard InChI is InChI=1S/C17H19N3O4/c1-12-7-15(19-24-12)17(22)18-8-14-10-20(16(21)11-23-14)9-13-5-3-2-4-6-13/h2-7,14H,8-11H2,1H3,(H,18,22). The van der Waals surface area contributed by atoms with E-state index in [9.17, 15) is 9.59 Å². The number of carbonyl (C=O) groups is 2. The molecule has 1 saturated heterocycles. The highest BCUT2D eigenvalue weighted by atomic mass is 16.5.